The van der Waals surface area contributed by atoms with E-state index in [0.717, 1.165) is 40.8 Å². The molecule has 0 aromatic heterocycles. The number of carbonyl (C=O) groups is 2. The molecule has 212 valence electrons. The highest BCUT2D eigenvalue weighted by Crippen LogP contribution is 2.59. The van der Waals surface area contributed by atoms with Gasteiger partial charge < -0.3 is 4.74 Å². The lowest BCUT2D eigenvalue weighted by molar-refractivity contribution is -0.136. The van der Waals surface area contributed by atoms with Gasteiger partial charge in [-0.15, -0.1) is 0 Å². The van der Waals surface area contributed by atoms with Crippen molar-refractivity contribution in [1.29, 1.82) is 0 Å². The second kappa shape index (κ2) is 10.7. The molecule has 0 radical (unpaired) electrons. The number of anilines is 2. The Morgan fingerprint density at radius 1 is 0.698 bits per heavy atom. The smallest absolute Gasteiger partial charge is 0.328 e. The minimum absolute atomic E-state index is 0.0413. The third-order valence-corrected chi connectivity index (χ3v) is 8.75. The molecule has 1 heterocycles. The van der Waals surface area contributed by atoms with Gasteiger partial charge in [-0.2, -0.15) is 0 Å². The van der Waals surface area contributed by atoms with Gasteiger partial charge in [0, 0.05) is 0 Å². The first kappa shape index (κ1) is 26.9. The highest BCUT2D eigenvalue weighted by atomic mass is 16.5. The topological polar surface area (TPSA) is 58.6 Å². The van der Waals surface area contributed by atoms with Gasteiger partial charge >= 0.3 is 5.97 Å². The quantitative estimate of drug-likeness (QED) is 0.122. The summed E-state index contributed by atoms with van der Waals surface area (Å²) in [5.41, 5.74) is 4.20. The summed E-state index contributed by atoms with van der Waals surface area (Å²) in [6, 6.07) is 45.0. The molecule has 1 atom stereocenters. The fraction of sp³-hybridized carbons (Fsp3) is 0.158. The molecule has 2 aliphatic rings. The van der Waals surface area contributed by atoms with Gasteiger partial charge in [0.15, 0.2) is 5.75 Å². The van der Waals surface area contributed by atoms with Crippen LogP contribution in [0.4, 0.5) is 11.4 Å². The van der Waals surface area contributed by atoms with Gasteiger partial charge in [0.05, 0.1) is 22.3 Å². The lowest BCUT2D eigenvalue weighted by atomic mass is 9.76. The summed E-state index contributed by atoms with van der Waals surface area (Å²) in [5, 5.41) is 3.68. The van der Waals surface area contributed by atoms with Crippen molar-refractivity contribution in [2.75, 3.05) is 4.90 Å². The number of benzene rings is 5. The second-order valence-electron chi connectivity index (χ2n) is 11.3. The Kier molecular flexibility index (Phi) is 6.68. The summed E-state index contributed by atoms with van der Waals surface area (Å²) in [6.07, 6.45) is 1.67. The summed E-state index contributed by atoms with van der Waals surface area (Å²) < 4.78 is 6.13. The highest BCUT2D eigenvalue weighted by molar-refractivity contribution is 6.15. The van der Waals surface area contributed by atoms with Crippen LogP contribution >= 0.6 is 0 Å². The van der Waals surface area contributed by atoms with Crippen LogP contribution in [0.1, 0.15) is 42.0 Å². The fourth-order valence-electron chi connectivity index (χ4n) is 6.48. The van der Waals surface area contributed by atoms with Crippen LogP contribution in [0.2, 0.25) is 0 Å². The molecule has 0 bridgehead atoms. The Hall–Kier alpha value is -5.00. The minimum atomic E-state index is -0.829. The Morgan fingerprint density at radius 3 is 1.70 bits per heavy atom. The average Bonchev–Trinajstić information content (AvgIpc) is 3.84. The van der Waals surface area contributed by atoms with Crippen molar-refractivity contribution < 1.29 is 14.3 Å². The first-order valence-electron chi connectivity index (χ1n) is 14.7. The molecule has 1 amide bonds. The van der Waals surface area contributed by atoms with Crippen molar-refractivity contribution in [3.8, 4) is 5.75 Å². The molecule has 1 saturated carbocycles. The molecule has 5 aromatic carbocycles. The molecular weight excluding hydrogens is 532 g/mol. The van der Waals surface area contributed by atoms with Crippen LogP contribution in [0.25, 0.3) is 0 Å². The maximum absolute atomic E-state index is 13.9. The van der Waals surface area contributed by atoms with Gasteiger partial charge in [-0.3, -0.25) is 15.0 Å². The number of esters is 1. The second-order valence-corrected chi connectivity index (χ2v) is 11.3. The standard InChI is InChI=1S/C38H32N2O3/c1-27(39-38(28-15-5-2-6-16-28,29-17-7-3-8-18-29)30-19-9-4-10-20-30)35(41)43-34-24-14-13-23-33(34)40-32-22-12-11-21-31(32)37(25-26-37)36(40)42/h2-24,27,39H,25-26H2,1H3/t27-/m0/s1. The van der Waals surface area contributed by atoms with Gasteiger partial charge in [0.25, 0.3) is 0 Å². The van der Waals surface area contributed by atoms with Gasteiger partial charge in [-0.1, -0.05) is 121 Å². The lowest BCUT2D eigenvalue weighted by Crippen LogP contribution is -2.52. The number of ether oxygens (including phenoxy) is 1. The molecule has 7 rings (SSSR count). The summed E-state index contributed by atoms with van der Waals surface area (Å²) in [4.78, 5) is 29.4. The van der Waals surface area contributed by atoms with Crippen LogP contribution in [0.15, 0.2) is 140 Å². The van der Waals surface area contributed by atoms with Gasteiger partial charge in [0.2, 0.25) is 5.91 Å². The van der Waals surface area contributed by atoms with E-state index in [0.29, 0.717) is 11.4 Å². The normalized spacial score (nSPS) is 15.7. The SMILES string of the molecule is C[C@H](NC(c1ccccc1)(c1ccccc1)c1ccccc1)C(=O)Oc1ccccc1N1C(=O)C2(CC2)c2ccccc21. The summed E-state index contributed by atoms with van der Waals surface area (Å²) in [5.74, 6) is -0.0490. The molecule has 0 unspecified atom stereocenters. The van der Waals surface area contributed by atoms with E-state index in [1.54, 1.807) is 11.0 Å². The van der Waals surface area contributed by atoms with Gasteiger partial charge in [-0.25, -0.2) is 4.79 Å². The summed E-state index contributed by atoms with van der Waals surface area (Å²) in [6.45, 7) is 1.82. The Bertz CT molecular complexity index is 1690. The number of para-hydroxylation sites is 3. The van der Waals surface area contributed by atoms with Crippen molar-refractivity contribution in [2.45, 2.75) is 36.8 Å². The zero-order valence-corrected chi connectivity index (χ0v) is 23.9. The molecule has 5 nitrogen and oxygen atoms in total. The van der Waals surface area contributed by atoms with E-state index in [1.165, 1.54) is 0 Å². The number of amides is 1. The largest absolute Gasteiger partial charge is 0.423 e. The molecule has 1 N–H and O–H groups in total. The number of carbonyl (C=O) groups excluding carboxylic acids is 2. The van der Waals surface area contributed by atoms with Crippen molar-refractivity contribution in [3.63, 3.8) is 0 Å². The van der Waals surface area contributed by atoms with E-state index in [2.05, 4.69) is 41.7 Å². The molecule has 0 saturated heterocycles. The van der Waals surface area contributed by atoms with E-state index in [-0.39, 0.29) is 5.91 Å². The Labute approximate surface area is 251 Å². The Morgan fingerprint density at radius 2 is 1.16 bits per heavy atom. The number of hydrogen-bond donors (Lipinski definition) is 1. The highest BCUT2D eigenvalue weighted by Gasteiger charge is 2.59. The van der Waals surface area contributed by atoms with E-state index in [4.69, 9.17) is 4.74 Å². The van der Waals surface area contributed by atoms with Crippen molar-refractivity contribution >= 4 is 23.3 Å². The van der Waals surface area contributed by atoms with Crippen LogP contribution < -0.4 is 15.0 Å². The molecular formula is C38H32N2O3. The monoisotopic (exact) mass is 564 g/mol. The number of rotatable bonds is 8. The molecule has 43 heavy (non-hydrogen) atoms. The zero-order valence-electron chi connectivity index (χ0n) is 23.9. The minimum Gasteiger partial charge on any atom is -0.423 e. The van der Waals surface area contributed by atoms with E-state index in [1.807, 2.05) is 104 Å². The van der Waals surface area contributed by atoms with Gasteiger partial charge in [-0.05, 0) is 60.2 Å². The molecule has 5 heteroatoms. The maximum Gasteiger partial charge on any atom is 0.328 e. The van der Waals surface area contributed by atoms with Gasteiger partial charge in [0.1, 0.15) is 6.04 Å². The first-order chi connectivity index (χ1) is 21.0. The van der Waals surface area contributed by atoms with Crippen LogP contribution in [0.5, 0.6) is 5.75 Å². The first-order valence-corrected chi connectivity index (χ1v) is 14.7. The van der Waals surface area contributed by atoms with Crippen molar-refractivity contribution in [1.82, 2.24) is 5.32 Å². The summed E-state index contributed by atoms with van der Waals surface area (Å²) in [7, 11) is 0. The van der Waals surface area contributed by atoms with Crippen LogP contribution in [0.3, 0.4) is 0 Å². The zero-order chi connectivity index (χ0) is 29.4. The number of hydrogen-bond acceptors (Lipinski definition) is 4. The van der Waals surface area contributed by atoms with E-state index < -0.39 is 23.0 Å². The number of fused-ring (bicyclic) bond motifs is 2. The van der Waals surface area contributed by atoms with E-state index in [9.17, 15) is 9.59 Å². The molecule has 1 fully saturated rings. The number of nitrogens with one attached hydrogen (secondary N) is 1. The summed E-state index contributed by atoms with van der Waals surface area (Å²) >= 11 is 0. The molecule has 1 aliphatic heterocycles. The van der Waals surface area contributed by atoms with E-state index >= 15 is 0 Å². The van der Waals surface area contributed by atoms with Crippen LogP contribution in [-0.2, 0) is 20.5 Å². The van der Waals surface area contributed by atoms with Crippen LogP contribution in [0, 0.1) is 0 Å². The lowest BCUT2D eigenvalue weighted by Gasteiger charge is -2.39. The van der Waals surface area contributed by atoms with Crippen LogP contribution in [-0.4, -0.2) is 17.9 Å². The van der Waals surface area contributed by atoms with Crippen molar-refractivity contribution in [2.24, 2.45) is 0 Å². The number of nitrogens with zero attached hydrogens (tertiary/aromatic N) is 1. The molecule has 1 aliphatic carbocycles. The predicted octanol–water partition coefficient (Wildman–Crippen LogP) is 7.27. The van der Waals surface area contributed by atoms with Crippen molar-refractivity contribution in [3.05, 3.63) is 162 Å². The average molecular weight is 565 g/mol. The molecule has 5 aromatic rings. The third kappa shape index (κ3) is 4.44. The Balaban J connectivity index is 1.25. The fourth-order valence-corrected chi connectivity index (χ4v) is 6.48. The predicted molar refractivity (Wildman–Crippen MR) is 168 cm³/mol. The molecule has 1 spiro atoms. The third-order valence-electron chi connectivity index (χ3n) is 8.75. The maximum atomic E-state index is 13.9.